The standard InChI is InChI=1S/C16H17N3O3/c1-21-15-7-6-14(17-18-15)12-4-2-3-5-13(12)16(20)19-8-10-22-11-9-19/h2-7H,8-11H2,1H3. The van der Waals surface area contributed by atoms with E-state index < -0.39 is 0 Å². The van der Waals surface area contributed by atoms with Gasteiger partial charge in [0.05, 0.1) is 26.0 Å². The molecular weight excluding hydrogens is 282 g/mol. The van der Waals surface area contributed by atoms with Crippen molar-refractivity contribution in [2.45, 2.75) is 0 Å². The Morgan fingerprint density at radius 2 is 1.91 bits per heavy atom. The number of carbonyl (C=O) groups excluding carboxylic acids is 1. The molecule has 0 spiro atoms. The van der Waals surface area contributed by atoms with Gasteiger partial charge < -0.3 is 14.4 Å². The SMILES string of the molecule is COc1ccc(-c2ccccc2C(=O)N2CCOCC2)nn1. The first-order valence-electron chi connectivity index (χ1n) is 7.14. The third kappa shape index (κ3) is 2.92. The smallest absolute Gasteiger partial charge is 0.254 e. The van der Waals surface area contributed by atoms with Crippen LogP contribution in [0.4, 0.5) is 0 Å². The van der Waals surface area contributed by atoms with Gasteiger partial charge in [-0.1, -0.05) is 18.2 Å². The molecule has 114 valence electrons. The van der Waals surface area contributed by atoms with Crippen LogP contribution in [0.2, 0.25) is 0 Å². The van der Waals surface area contributed by atoms with Crippen molar-refractivity contribution < 1.29 is 14.3 Å². The van der Waals surface area contributed by atoms with Crippen LogP contribution in [0, 0.1) is 0 Å². The highest BCUT2D eigenvalue weighted by Gasteiger charge is 2.21. The molecular formula is C16H17N3O3. The van der Waals surface area contributed by atoms with Crippen LogP contribution in [0.5, 0.6) is 5.88 Å². The topological polar surface area (TPSA) is 64.5 Å². The molecule has 0 unspecified atom stereocenters. The predicted molar refractivity (Wildman–Crippen MR) is 80.7 cm³/mol. The zero-order valence-electron chi connectivity index (χ0n) is 12.4. The summed E-state index contributed by atoms with van der Waals surface area (Å²) in [5.41, 5.74) is 2.05. The highest BCUT2D eigenvalue weighted by molar-refractivity contribution is 6.00. The maximum atomic E-state index is 12.7. The lowest BCUT2D eigenvalue weighted by molar-refractivity contribution is 0.0303. The summed E-state index contributed by atoms with van der Waals surface area (Å²) in [5.74, 6) is 0.442. The number of morpholine rings is 1. The highest BCUT2D eigenvalue weighted by atomic mass is 16.5. The van der Waals surface area contributed by atoms with E-state index >= 15 is 0 Å². The van der Waals surface area contributed by atoms with E-state index in [1.54, 1.807) is 24.1 Å². The summed E-state index contributed by atoms with van der Waals surface area (Å²) in [6.07, 6.45) is 0. The molecule has 3 rings (SSSR count). The number of benzene rings is 1. The third-order valence-electron chi connectivity index (χ3n) is 3.58. The van der Waals surface area contributed by atoms with Crippen molar-refractivity contribution in [3.05, 3.63) is 42.0 Å². The predicted octanol–water partition coefficient (Wildman–Crippen LogP) is 1.62. The fraction of sp³-hybridized carbons (Fsp3) is 0.312. The first-order valence-corrected chi connectivity index (χ1v) is 7.14. The quantitative estimate of drug-likeness (QED) is 0.862. The lowest BCUT2D eigenvalue weighted by Gasteiger charge is -2.27. The number of methoxy groups -OCH3 is 1. The molecule has 0 N–H and O–H groups in total. The molecule has 0 aliphatic carbocycles. The zero-order valence-corrected chi connectivity index (χ0v) is 12.4. The molecule has 1 fully saturated rings. The second-order valence-corrected chi connectivity index (χ2v) is 4.91. The van der Waals surface area contributed by atoms with Gasteiger partial charge in [0.25, 0.3) is 5.91 Å². The number of nitrogens with zero attached hydrogens (tertiary/aromatic N) is 3. The highest BCUT2D eigenvalue weighted by Crippen LogP contribution is 2.23. The fourth-order valence-electron chi connectivity index (χ4n) is 2.40. The number of hydrogen-bond donors (Lipinski definition) is 0. The van der Waals surface area contributed by atoms with Gasteiger partial charge in [0.15, 0.2) is 0 Å². The van der Waals surface area contributed by atoms with E-state index in [0.717, 1.165) is 5.56 Å². The van der Waals surface area contributed by atoms with Gasteiger partial charge in [-0.2, -0.15) is 0 Å². The summed E-state index contributed by atoms with van der Waals surface area (Å²) < 4.78 is 10.3. The van der Waals surface area contributed by atoms with Gasteiger partial charge in [-0.25, -0.2) is 0 Å². The molecule has 1 aromatic heterocycles. The summed E-state index contributed by atoms with van der Waals surface area (Å²) in [6.45, 7) is 2.38. The van der Waals surface area contributed by atoms with E-state index in [1.807, 2.05) is 24.3 Å². The van der Waals surface area contributed by atoms with E-state index in [9.17, 15) is 4.79 Å². The van der Waals surface area contributed by atoms with Gasteiger partial charge >= 0.3 is 0 Å². The summed E-state index contributed by atoms with van der Waals surface area (Å²) in [7, 11) is 1.54. The summed E-state index contributed by atoms with van der Waals surface area (Å²) >= 11 is 0. The van der Waals surface area contributed by atoms with Gasteiger partial charge in [-0.15, -0.1) is 10.2 Å². The van der Waals surface area contributed by atoms with Crippen LogP contribution in [0.3, 0.4) is 0 Å². The second kappa shape index (κ2) is 6.53. The van der Waals surface area contributed by atoms with Crippen molar-refractivity contribution in [3.63, 3.8) is 0 Å². The van der Waals surface area contributed by atoms with Gasteiger partial charge in [0.2, 0.25) is 5.88 Å². The van der Waals surface area contributed by atoms with Gasteiger partial charge in [0, 0.05) is 30.3 Å². The molecule has 6 heteroatoms. The average Bonchev–Trinajstić information content (AvgIpc) is 2.62. The molecule has 1 aliphatic heterocycles. The van der Waals surface area contributed by atoms with Crippen molar-refractivity contribution in [2.75, 3.05) is 33.4 Å². The first-order chi connectivity index (χ1) is 10.8. The minimum absolute atomic E-state index is 0.00322. The monoisotopic (exact) mass is 299 g/mol. The second-order valence-electron chi connectivity index (χ2n) is 4.91. The largest absolute Gasteiger partial charge is 0.480 e. The van der Waals surface area contributed by atoms with Crippen molar-refractivity contribution in [3.8, 4) is 17.1 Å². The van der Waals surface area contributed by atoms with E-state index in [2.05, 4.69) is 10.2 Å². The minimum Gasteiger partial charge on any atom is -0.480 e. The molecule has 0 radical (unpaired) electrons. The molecule has 1 aromatic carbocycles. The Morgan fingerprint density at radius 1 is 1.14 bits per heavy atom. The van der Waals surface area contributed by atoms with Crippen LogP contribution in [0.1, 0.15) is 10.4 Å². The molecule has 2 aromatic rings. The van der Waals surface area contributed by atoms with Crippen molar-refractivity contribution in [1.82, 2.24) is 15.1 Å². The Balaban J connectivity index is 1.93. The van der Waals surface area contributed by atoms with Gasteiger partial charge in [-0.3, -0.25) is 4.79 Å². The van der Waals surface area contributed by atoms with Crippen LogP contribution in [0.15, 0.2) is 36.4 Å². The van der Waals surface area contributed by atoms with E-state index in [0.29, 0.717) is 43.4 Å². The Hall–Kier alpha value is -2.47. The van der Waals surface area contributed by atoms with Crippen LogP contribution in [-0.4, -0.2) is 54.4 Å². The lowest BCUT2D eigenvalue weighted by Crippen LogP contribution is -2.40. The Morgan fingerprint density at radius 3 is 2.59 bits per heavy atom. The number of rotatable bonds is 3. The molecule has 0 bridgehead atoms. The number of aromatic nitrogens is 2. The maximum absolute atomic E-state index is 12.7. The number of hydrogen-bond acceptors (Lipinski definition) is 5. The minimum atomic E-state index is -0.00322. The molecule has 1 amide bonds. The van der Waals surface area contributed by atoms with Crippen LogP contribution >= 0.6 is 0 Å². The molecule has 0 saturated carbocycles. The Labute approximate surface area is 128 Å². The normalized spacial score (nSPS) is 14.7. The molecule has 6 nitrogen and oxygen atoms in total. The van der Waals surface area contributed by atoms with Crippen molar-refractivity contribution in [1.29, 1.82) is 0 Å². The summed E-state index contributed by atoms with van der Waals surface area (Å²) in [6, 6.07) is 11.0. The summed E-state index contributed by atoms with van der Waals surface area (Å²) in [5, 5.41) is 8.11. The van der Waals surface area contributed by atoms with Crippen molar-refractivity contribution >= 4 is 5.91 Å². The van der Waals surface area contributed by atoms with E-state index in [1.165, 1.54) is 0 Å². The zero-order chi connectivity index (χ0) is 15.4. The average molecular weight is 299 g/mol. The molecule has 2 heterocycles. The number of amides is 1. The third-order valence-corrected chi connectivity index (χ3v) is 3.58. The van der Waals surface area contributed by atoms with E-state index in [4.69, 9.17) is 9.47 Å². The van der Waals surface area contributed by atoms with Crippen LogP contribution in [0.25, 0.3) is 11.3 Å². The van der Waals surface area contributed by atoms with E-state index in [-0.39, 0.29) is 5.91 Å². The fourth-order valence-corrected chi connectivity index (χ4v) is 2.40. The maximum Gasteiger partial charge on any atom is 0.254 e. The number of ether oxygens (including phenoxy) is 2. The summed E-state index contributed by atoms with van der Waals surface area (Å²) in [4.78, 5) is 14.5. The molecule has 1 saturated heterocycles. The number of carbonyl (C=O) groups is 1. The molecule has 1 aliphatic rings. The molecule has 22 heavy (non-hydrogen) atoms. The van der Waals surface area contributed by atoms with Gasteiger partial charge in [-0.05, 0) is 12.1 Å². The Kier molecular flexibility index (Phi) is 4.29. The van der Waals surface area contributed by atoms with Crippen LogP contribution < -0.4 is 4.74 Å². The molecule has 0 atom stereocenters. The lowest BCUT2D eigenvalue weighted by atomic mass is 10.0. The van der Waals surface area contributed by atoms with Crippen molar-refractivity contribution in [2.24, 2.45) is 0 Å². The van der Waals surface area contributed by atoms with Gasteiger partial charge in [0.1, 0.15) is 0 Å². The Bertz CT molecular complexity index is 652. The first kappa shape index (κ1) is 14.5. The van der Waals surface area contributed by atoms with Crippen LogP contribution in [-0.2, 0) is 4.74 Å².